The zero-order valence-electron chi connectivity index (χ0n) is 18.2. The lowest BCUT2D eigenvalue weighted by Gasteiger charge is -2.22. The maximum absolute atomic E-state index is 12.9. The average molecular weight is 447 g/mol. The molecule has 0 spiro atoms. The van der Waals surface area contributed by atoms with Gasteiger partial charge in [-0.25, -0.2) is 9.59 Å². The standard InChI is InChI=1S/C26H25NO6/c1-19(28)32-23(17-27-26(30)31-18-20-11-5-2-6-12-20)25(29)33-24(21-13-7-3-8-14-21)22-15-9-4-10-16-22/h2-16,23-24H,17-18H2,1H3,(H,27,30). The van der Waals surface area contributed by atoms with Gasteiger partial charge in [-0.1, -0.05) is 91.0 Å². The Morgan fingerprint density at radius 1 is 0.758 bits per heavy atom. The first-order chi connectivity index (χ1) is 16.0. The minimum absolute atomic E-state index is 0.0689. The monoisotopic (exact) mass is 447 g/mol. The number of hydrogen-bond acceptors (Lipinski definition) is 6. The van der Waals surface area contributed by atoms with Crippen molar-refractivity contribution in [1.29, 1.82) is 0 Å². The maximum Gasteiger partial charge on any atom is 0.407 e. The van der Waals surface area contributed by atoms with Crippen molar-refractivity contribution in [2.24, 2.45) is 0 Å². The zero-order valence-corrected chi connectivity index (χ0v) is 18.2. The van der Waals surface area contributed by atoms with Crippen molar-refractivity contribution in [3.05, 3.63) is 108 Å². The second-order valence-corrected chi connectivity index (χ2v) is 7.18. The van der Waals surface area contributed by atoms with Crippen molar-refractivity contribution in [1.82, 2.24) is 5.32 Å². The van der Waals surface area contributed by atoms with Crippen LogP contribution in [0.4, 0.5) is 4.79 Å². The molecular formula is C26H25NO6. The third-order valence-electron chi connectivity index (χ3n) is 4.65. The number of benzene rings is 3. The van der Waals surface area contributed by atoms with E-state index in [1.54, 1.807) is 0 Å². The number of carbonyl (C=O) groups is 3. The van der Waals surface area contributed by atoms with Gasteiger partial charge in [-0.3, -0.25) is 4.79 Å². The highest BCUT2D eigenvalue weighted by atomic mass is 16.6. The quantitative estimate of drug-likeness (QED) is 0.391. The molecule has 1 N–H and O–H groups in total. The van der Waals surface area contributed by atoms with Crippen LogP contribution in [-0.4, -0.2) is 30.7 Å². The minimum atomic E-state index is -1.33. The summed E-state index contributed by atoms with van der Waals surface area (Å²) < 4.78 is 16.0. The van der Waals surface area contributed by atoms with Gasteiger partial charge in [0.2, 0.25) is 6.10 Å². The number of nitrogens with one attached hydrogen (secondary N) is 1. The lowest BCUT2D eigenvalue weighted by molar-refractivity contribution is -0.169. The third kappa shape index (κ3) is 7.50. The smallest absolute Gasteiger partial charge is 0.407 e. The number of esters is 2. The summed E-state index contributed by atoms with van der Waals surface area (Å²) in [5.74, 6) is -1.46. The molecule has 7 heteroatoms. The fourth-order valence-corrected chi connectivity index (χ4v) is 3.10. The summed E-state index contributed by atoms with van der Waals surface area (Å²) in [4.78, 5) is 36.6. The Bertz CT molecular complexity index is 1000. The van der Waals surface area contributed by atoms with E-state index in [0.29, 0.717) is 0 Å². The molecule has 0 radical (unpaired) electrons. The number of ether oxygens (including phenoxy) is 3. The predicted molar refractivity (Wildman–Crippen MR) is 121 cm³/mol. The third-order valence-corrected chi connectivity index (χ3v) is 4.65. The first-order valence-corrected chi connectivity index (χ1v) is 10.4. The number of rotatable bonds is 9. The lowest BCUT2D eigenvalue weighted by Crippen LogP contribution is -2.41. The van der Waals surface area contributed by atoms with E-state index in [2.05, 4.69) is 5.32 Å². The zero-order chi connectivity index (χ0) is 23.5. The van der Waals surface area contributed by atoms with E-state index in [1.807, 2.05) is 91.0 Å². The molecule has 3 rings (SSSR count). The minimum Gasteiger partial charge on any atom is -0.450 e. The van der Waals surface area contributed by atoms with E-state index in [-0.39, 0.29) is 13.2 Å². The molecule has 0 heterocycles. The van der Waals surface area contributed by atoms with Gasteiger partial charge in [0.1, 0.15) is 6.61 Å². The SMILES string of the molecule is CC(=O)OC(CNC(=O)OCc1ccccc1)C(=O)OC(c1ccccc1)c1ccccc1. The molecule has 0 saturated carbocycles. The number of amides is 1. The summed E-state index contributed by atoms with van der Waals surface area (Å²) in [5, 5.41) is 2.45. The molecule has 3 aromatic rings. The number of alkyl carbamates (subject to hydrolysis) is 1. The molecule has 0 bridgehead atoms. The summed E-state index contributed by atoms with van der Waals surface area (Å²) in [6.45, 7) is 0.960. The van der Waals surface area contributed by atoms with E-state index >= 15 is 0 Å². The Morgan fingerprint density at radius 3 is 1.79 bits per heavy atom. The highest BCUT2D eigenvalue weighted by Crippen LogP contribution is 2.26. The van der Waals surface area contributed by atoms with E-state index in [0.717, 1.165) is 16.7 Å². The van der Waals surface area contributed by atoms with Crippen LogP contribution in [0.5, 0.6) is 0 Å². The van der Waals surface area contributed by atoms with Crippen molar-refractivity contribution in [3.8, 4) is 0 Å². The van der Waals surface area contributed by atoms with Crippen LogP contribution < -0.4 is 5.32 Å². The van der Waals surface area contributed by atoms with Gasteiger partial charge < -0.3 is 19.5 Å². The van der Waals surface area contributed by atoms with Gasteiger partial charge in [0.25, 0.3) is 0 Å². The molecule has 0 aliphatic rings. The Balaban J connectivity index is 1.65. The van der Waals surface area contributed by atoms with Crippen LogP contribution >= 0.6 is 0 Å². The van der Waals surface area contributed by atoms with E-state index < -0.39 is 30.2 Å². The fourth-order valence-electron chi connectivity index (χ4n) is 3.10. The molecule has 0 fully saturated rings. The van der Waals surface area contributed by atoms with Crippen molar-refractivity contribution in [2.75, 3.05) is 6.54 Å². The van der Waals surface area contributed by atoms with Crippen LogP contribution in [0.15, 0.2) is 91.0 Å². The van der Waals surface area contributed by atoms with Crippen LogP contribution in [0.1, 0.15) is 29.7 Å². The molecule has 0 aromatic heterocycles. The predicted octanol–water partition coefficient (Wildman–Crippen LogP) is 4.18. The topological polar surface area (TPSA) is 90.9 Å². The van der Waals surface area contributed by atoms with Crippen LogP contribution in [-0.2, 0) is 30.4 Å². The lowest BCUT2D eigenvalue weighted by atomic mass is 10.0. The maximum atomic E-state index is 12.9. The first-order valence-electron chi connectivity index (χ1n) is 10.4. The first kappa shape index (κ1) is 23.5. The molecule has 1 unspecified atom stereocenters. The largest absolute Gasteiger partial charge is 0.450 e. The van der Waals surface area contributed by atoms with Gasteiger partial charge in [0, 0.05) is 6.92 Å². The van der Waals surface area contributed by atoms with Crippen LogP contribution in [0.25, 0.3) is 0 Å². The number of hydrogen-bond donors (Lipinski definition) is 1. The Labute approximate surface area is 192 Å². The summed E-state index contributed by atoms with van der Waals surface area (Å²) in [5.41, 5.74) is 2.33. The Hall–Kier alpha value is -4.13. The average Bonchev–Trinajstić information content (AvgIpc) is 2.85. The van der Waals surface area contributed by atoms with Gasteiger partial charge in [-0.15, -0.1) is 0 Å². The highest BCUT2D eigenvalue weighted by molar-refractivity contribution is 5.80. The molecule has 0 aliphatic heterocycles. The molecule has 7 nitrogen and oxygen atoms in total. The second-order valence-electron chi connectivity index (χ2n) is 7.18. The fraction of sp³-hybridized carbons (Fsp3) is 0.192. The summed E-state index contributed by atoms with van der Waals surface area (Å²) in [6.07, 6.45) is -2.78. The van der Waals surface area contributed by atoms with Crippen LogP contribution in [0, 0.1) is 0 Å². The van der Waals surface area contributed by atoms with Gasteiger partial charge in [-0.2, -0.15) is 0 Å². The molecule has 1 atom stereocenters. The molecule has 0 aliphatic carbocycles. The van der Waals surface area contributed by atoms with E-state index in [9.17, 15) is 14.4 Å². The van der Waals surface area contributed by atoms with Crippen LogP contribution in [0.3, 0.4) is 0 Å². The summed E-state index contributed by atoms with van der Waals surface area (Å²) in [6, 6.07) is 27.6. The van der Waals surface area contributed by atoms with Crippen LogP contribution in [0.2, 0.25) is 0 Å². The van der Waals surface area contributed by atoms with Crippen molar-refractivity contribution in [2.45, 2.75) is 25.7 Å². The number of carbonyl (C=O) groups excluding carboxylic acids is 3. The summed E-state index contributed by atoms with van der Waals surface area (Å²) in [7, 11) is 0. The molecule has 3 aromatic carbocycles. The van der Waals surface area contributed by atoms with Gasteiger partial charge >= 0.3 is 18.0 Å². The Kier molecular flexibility index (Phi) is 8.59. The van der Waals surface area contributed by atoms with Gasteiger partial charge in [0.15, 0.2) is 6.10 Å². The van der Waals surface area contributed by atoms with E-state index in [1.165, 1.54) is 6.92 Å². The molecule has 0 saturated heterocycles. The van der Waals surface area contributed by atoms with Crippen molar-refractivity contribution < 1.29 is 28.6 Å². The van der Waals surface area contributed by atoms with Gasteiger partial charge in [-0.05, 0) is 16.7 Å². The van der Waals surface area contributed by atoms with Crippen molar-refractivity contribution in [3.63, 3.8) is 0 Å². The Morgan fingerprint density at radius 2 is 1.27 bits per heavy atom. The molecule has 1 amide bonds. The van der Waals surface area contributed by atoms with E-state index in [4.69, 9.17) is 14.2 Å². The molecule has 170 valence electrons. The van der Waals surface area contributed by atoms with Crippen molar-refractivity contribution >= 4 is 18.0 Å². The second kappa shape index (κ2) is 12.0. The highest BCUT2D eigenvalue weighted by Gasteiger charge is 2.28. The summed E-state index contributed by atoms with van der Waals surface area (Å²) >= 11 is 0. The molecular weight excluding hydrogens is 422 g/mol. The normalized spacial score (nSPS) is 11.3. The molecule has 33 heavy (non-hydrogen) atoms. The van der Waals surface area contributed by atoms with Gasteiger partial charge in [0.05, 0.1) is 6.54 Å².